The fourth-order valence-electron chi connectivity index (χ4n) is 2.78. The van der Waals surface area contributed by atoms with Gasteiger partial charge in [-0.25, -0.2) is 9.37 Å². The first-order valence-corrected chi connectivity index (χ1v) is 7.15. The summed E-state index contributed by atoms with van der Waals surface area (Å²) in [6, 6.07) is 13.5. The van der Waals surface area contributed by atoms with Gasteiger partial charge in [0.15, 0.2) is 0 Å². The highest BCUT2D eigenvalue weighted by Crippen LogP contribution is 2.38. The first-order valence-electron chi connectivity index (χ1n) is 7.15. The molecule has 1 aromatic heterocycles. The first-order chi connectivity index (χ1) is 11.2. The van der Waals surface area contributed by atoms with Crippen molar-refractivity contribution in [1.29, 1.82) is 0 Å². The Morgan fingerprint density at radius 1 is 1.04 bits per heavy atom. The number of hydrogen-bond donors (Lipinski definition) is 2. The number of imidazole rings is 1. The van der Waals surface area contributed by atoms with Crippen molar-refractivity contribution >= 4 is 22.7 Å². The van der Waals surface area contributed by atoms with Gasteiger partial charge in [-0.2, -0.15) is 0 Å². The highest BCUT2D eigenvalue weighted by Gasteiger charge is 2.29. The predicted molar refractivity (Wildman–Crippen MR) is 86.0 cm³/mol. The minimum Gasteiger partial charge on any atom is -0.345 e. The van der Waals surface area contributed by atoms with Crippen LogP contribution in [0.1, 0.15) is 17.0 Å². The Hall–Kier alpha value is -3.21. The van der Waals surface area contributed by atoms with E-state index in [4.69, 9.17) is 0 Å². The number of aromatic amines is 1. The number of nitrogens with zero attached hydrogens (tertiary/aromatic N) is 1. The lowest BCUT2D eigenvalue weighted by molar-refractivity contribution is -0.110. The number of aromatic nitrogens is 2. The molecule has 4 nitrogen and oxygen atoms in total. The second kappa shape index (κ2) is 5.21. The van der Waals surface area contributed by atoms with Gasteiger partial charge in [0.1, 0.15) is 11.6 Å². The normalized spacial score (nSPS) is 15.3. The molecule has 0 spiro atoms. The van der Waals surface area contributed by atoms with Gasteiger partial charge in [-0.15, -0.1) is 0 Å². The van der Waals surface area contributed by atoms with Gasteiger partial charge in [0, 0.05) is 29.2 Å². The molecule has 0 bridgehead atoms. The van der Waals surface area contributed by atoms with Crippen LogP contribution in [0.25, 0.3) is 11.1 Å². The van der Waals surface area contributed by atoms with Crippen LogP contribution in [0.2, 0.25) is 0 Å². The second-order valence-corrected chi connectivity index (χ2v) is 5.19. The second-order valence-electron chi connectivity index (χ2n) is 5.19. The lowest BCUT2D eigenvalue weighted by atomic mass is 9.95. The number of nitrogens with one attached hydrogen (secondary N) is 2. The summed E-state index contributed by atoms with van der Waals surface area (Å²) in [6.45, 7) is 0. The van der Waals surface area contributed by atoms with Crippen molar-refractivity contribution in [2.45, 2.75) is 0 Å². The Morgan fingerprint density at radius 3 is 2.57 bits per heavy atom. The monoisotopic (exact) mass is 305 g/mol. The number of H-pyrrole nitrogens is 1. The van der Waals surface area contributed by atoms with Crippen molar-refractivity contribution in [3.05, 3.63) is 83.7 Å². The molecule has 2 N–H and O–H groups in total. The molecule has 2 aromatic carbocycles. The molecular weight excluding hydrogens is 293 g/mol. The van der Waals surface area contributed by atoms with Crippen molar-refractivity contribution in [2.24, 2.45) is 0 Å². The summed E-state index contributed by atoms with van der Waals surface area (Å²) in [4.78, 5) is 19.8. The Bertz CT molecular complexity index is 912. The molecule has 3 aromatic rings. The summed E-state index contributed by atoms with van der Waals surface area (Å²) >= 11 is 0. The van der Waals surface area contributed by atoms with Crippen LogP contribution in [0.3, 0.4) is 0 Å². The number of amides is 1. The molecule has 0 aliphatic carbocycles. The SMILES string of the molecule is O=C1Nc2ccccc2C1=C(c1ccc(F)cc1)c1ncc[nH]1. The summed E-state index contributed by atoms with van der Waals surface area (Å²) in [7, 11) is 0. The van der Waals surface area contributed by atoms with Gasteiger partial charge in [0.05, 0.1) is 5.57 Å². The van der Waals surface area contributed by atoms with Crippen molar-refractivity contribution in [3.8, 4) is 0 Å². The van der Waals surface area contributed by atoms with Gasteiger partial charge in [-0.05, 0) is 23.8 Å². The third kappa shape index (κ3) is 2.23. The summed E-state index contributed by atoms with van der Waals surface area (Å²) in [5.74, 6) is 0.0502. The Kier molecular flexibility index (Phi) is 3.05. The zero-order valence-corrected chi connectivity index (χ0v) is 12.0. The number of halogens is 1. The third-order valence-corrected chi connectivity index (χ3v) is 3.79. The minimum atomic E-state index is -0.325. The largest absolute Gasteiger partial charge is 0.345 e. The lowest BCUT2D eigenvalue weighted by Crippen LogP contribution is -2.07. The van der Waals surface area contributed by atoms with E-state index in [0.29, 0.717) is 17.0 Å². The van der Waals surface area contributed by atoms with Crippen LogP contribution >= 0.6 is 0 Å². The van der Waals surface area contributed by atoms with Crippen molar-refractivity contribution in [3.63, 3.8) is 0 Å². The van der Waals surface area contributed by atoms with Gasteiger partial charge in [-0.3, -0.25) is 4.79 Å². The molecular formula is C18H12FN3O. The Labute approximate surface area is 131 Å². The maximum absolute atomic E-state index is 13.3. The quantitative estimate of drug-likeness (QED) is 0.712. The van der Waals surface area contributed by atoms with E-state index >= 15 is 0 Å². The van der Waals surface area contributed by atoms with Crippen LogP contribution in [0.15, 0.2) is 60.9 Å². The lowest BCUT2D eigenvalue weighted by Gasteiger charge is -2.09. The van der Waals surface area contributed by atoms with E-state index in [1.54, 1.807) is 24.5 Å². The topological polar surface area (TPSA) is 57.8 Å². The number of anilines is 1. The van der Waals surface area contributed by atoms with E-state index in [-0.39, 0.29) is 11.7 Å². The molecule has 23 heavy (non-hydrogen) atoms. The molecule has 112 valence electrons. The predicted octanol–water partition coefficient (Wildman–Crippen LogP) is 3.46. The van der Waals surface area contributed by atoms with Crippen LogP contribution in [0.5, 0.6) is 0 Å². The maximum Gasteiger partial charge on any atom is 0.257 e. The highest BCUT2D eigenvalue weighted by atomic mass is 19.1. The van der Waals surface area contributed by atoms with Crippen LogP contribution in [-0.2, 0) is 4.79 Å². The van der Waals surface area contributed by atoms with E-state index in [2.05, 4.69) is 15.3 Å². The molecule has 0 saturated heterocycles. The van der Waals surface area contributed by atoms with E-state index in [0.717, 1.165) is 16.8 Å². The van der Waals surface area contributed by atoms with E-state index in [1.807, 2.05) is 24.3 Å². The molecule has 2 heterocycles. The summed E-state index contributed by atoms with van der Waals surface area (Å²) < 4.78 is 13.3. The first kappa shape index (κ1) is 13.5. The van der Waals surface area contributed by atoms with E-state index < -0.39 is 0 Å². The number of fused-ring (bicyclic) bond motifs is 1. The van der Waals surface area contributed by atoms with E-state index in [9.17, 15) is 9.18 Å². The average molecular weight is 305 g/mol. The van der Waals surface area contributed by atoms with E-state index in [1.165, 1.54) is 12.1 Å². The number of hydrogen-bond acceptors (Lipinski definition) is 2. The van der Waals surface area contributed by atoms with Crippen LogP contribution in [0, 0.1) is 5.82 Å². The molecule has 0 fully saturated rings. The third-order valence-electron chi connectivity index (χ3n) is 3.79. The van der Waals surface area contributed by atoms with Crippen LogP contribution < -0.4 is 5.32 Å². The van der Waals surface area contributed by atoms with Crippen molar-refractivity contribution in [2.75, 3.05) is 5.32 Å². The number of carbonyl (C=O) groups excluding carboxylic acids is 1. The summed E-state index contributed by atoms with van der Waals surface area (Å²) in [5, 5.41) is 2.86. The summed E-state index contributed by atoms with van der Waals surface area (Å²) in [5.41, 5.74) is 3.48. The molecule has 4 rings (SSSR count). The minimum absolute atomic E-state index is 0.193. The molecule has 1 aliphatic rings. The number of benzene rings is 2. The average Bonchev–Trinajstić information content (AvgIpc) is 3.18. The molecule has 1 aliphatic heterocycles. The molecule has 0 radical (unpaired) electrons. The standard InChI is InChI=1S/C18H12FN3O/c19-12-7-5-11(6-8-12)15(17-20-9-10-21-17)16-13-3-1-2-4-14(13)22-18(16)23/h1-10H,(H,20,21)(H,22,23). The molecule has 0 saturated carbocycles. The number of rotatable bonds is 2. The zero-order chi connectivity index (χ0) is 15.8. The van der Waals surface area contributed by atoms with Gasteiger partial charge in [-0.1, -0.05) is 30.3 Å². The van der Waals surface area contributed by atoms with Crippen LogP contribution in [0.4, 0.5) is 10.1 Å². The fraction of sp³-hybridized carbons (Fsp3) is 0. The smallest absolute Gasteiger partial charge is 0.257 e. The number of para-hydroxylation sites is 1. The molecule has 1 amide bonds. The fourth-order valence-corrected chi connectivity index (χ4v) is 2.78. The zero-order valence-electron chi connectivity index (χ0n) is 12.0. The van der Waals surface area contributed by atoms with Gasteiger partial charge in [0.2, 0.25) is 0 Å². The maximum atomic E-state index is 13.3. The summed E-state index contributed by atoms with van der Waals surface area (Å²) in [6.07, 6.45) is 3.32. The van der Waals surface area contributed by atoms with Crippen LogP contribution in [-0.4, -0.2) is 15.9 Å². The van der Waals surface area contributed by atoms with Crippen molar-refractivity contribution in [1.82, 2.24) is 9.97 Å². The highest BCUT2D eigenvalue weighted by molar-refractivity contribution is 6.37. The van der Waals surface area contributed by atoms with Gasteiger partial charge in [0.25, 0.3) is 5.91 Å². The molecule has 0 atom stereocenters. The van der Waals surface area contributed by atoms with Gasteiger partial charge < -0.3 is 10.3 Å². The number of carbonyl (C=O) groups is 1. The van der Waals surface area contributed by atoms with Gasteiger partial charge >= 0.3 is 0 Å². The Morgan fingerprint density at radius 2 is 1.83 bits per heavy atom. The van der Waals surface area contributed by atoms with Crippen molar-refractivity contribution < 1.29 is 9.18 Å². The Balaban J connectivity index is 2.02. The molecule has 5 heteroatoms. The molecule has 0 unspecified atom stereocenters.